The maximum Gasteiger partial charge on any atom is 0.416 e. The number of rotatable bonds is 3. The number of aromatic nitrogens is 3. The molecule has 0 saturated carbocycles. The van der Waals surface area contributed by atoms with Gasteiger partial charge in [-0.2, -0.15) is 18.3 Å². The van der Waals surface area contributed by atoms with E-state index in [4.69, 9.17) is 0 Å². The fourth-order valence-electron chi connectivity index (χ4n) is 4.38. The molecule has 0 aliphatic carbocycles. The molecule has 5 rings (SSSR count). The predicted molar refractivity (Wildman–Crippen MR) is 127 cm³/mol. The van der Waals surface area contributed by atoms with Gasteiger partial charge in [0.2, 0.25) is 0 Å². The number of amides is 1. The largest absolute Gasteiger partial charge is 0.416 e. The van der Waals surface area contributed by atoms with Crippen LogP contribution in [0.1, 0.15) is 27.0 Å². The first-order valence-corrected chi connectivity index (χ1v) is 11.3. The Hall–Kier alpha value is -3.88. The number of hydrogen-bond acceptors (Lipinski definition) is 4. The van der Waals surface area contributed by atoms with Crippen molar-refractivity contribution in [1.82, 2.24) is 19.5 Å². The number of piperazine rings is 1. The van der Waals surface area contributed by atoms with Gasteiger partial charge >= 0.3 is 6.18 Å². The van der Waals surface area contributed by atoms with Crippen LogP contribution in [0, 0.1) is 13.8 Å². The Labute approximate surface area is 200 Å². The van der Waals surface area contributed by atoms with Crippen molar-refractivity contribution in [3.63, 3.8) is 0 Å². The highest BCUT2D eigenvalue weighted by atomic mass is 19.4. The molecule has 1 amide bonds. The van der Waals surface area contributed by atoms with Crippen molar-refractivity contribution in [2.24, 2.45) is 0 Å². The molecule has 9 heteroatoms. The third-order valence-corrected chi connectivity index (χ3v) is 6.54. The molecular weight excluding hydrogens is 455 g/mol. The summed E-state index contributed by atoms with van der Waals surface area (Å²) in [6.07, 6.45) is -1.18. The summed E-state index contributed by atoms with van der Waals surface area (Å²) >= 11 is 0. The van der Waals surface area contributed by atoms with E-state index in [0.717, 1.165) is 29.0 Å². The molecule has 3 heterocycles. The molecule has 2 aromatic carbocycles. The summed E-state index contributed by atoms with van der Waals surface area (Å²) < 4.78 is 40.9. The summed E-state index contributed by atoms with van der Waals surface area (Å²) in [6, 6.07) is 13.3. The maximum atomic E-state index is 13.3. The van der Waals surface area contributed by atoms with Crippen LogP contribution in [0.15, 0.2) is 60.9 Å². The van der Waals surface area contributed by atoms with E-state index in [2.05, 4.69) is 29.1 Å². The van der Waals surface area contributed by atoms with E-state index in [1.165, 1.54) is 17.8 Å². The van der Waals surface area contributed by atoms with E-state index in [0.29, 0.717) is 43.1 Å². The van der Waals surface area contributed by atoms with Gasteiger partial charge < -0.3 is 9.80 Å². The molecule has 1 aliphatic rings. The Morgan fingerprint density at radius 2 is 1.71 bits per heavy atom. The number of nitrogens with zero attached hydrogens (tertiary/aromatic N) is 5. The lowest BCUT2D eigenvalue weighted by Gasteiger charge is -2.36. The van der Waals surface area contributed by atoms with Crippen LogP contribution in [0.25, 0.3) is 16.9 Å². The zero-order valence-corrected chi connectivity index (χ0v) is 19.4. The molecule has 2 aromatic heterocycles. The van der Waals surface area contributed by atoms with Gasteiger partial charge in [-0.15, -0.1) is 0 Å². The molecule has 4 aromatic rings. The van der Waals surface area contributed by atoms with Gasteiger partial charge in [-0.1, -0.05) is 18.2 Å². The van der Waals surface area contributed by atoms with Crippen molar-refractivity contribution in [2.45, 2.75) is 20.0 Å². The molecule has 0 N–H and O–H groups in total. The number of alkyl halides is 3. The highest BCUT2D eigenvalue weighted by Gasteiger charge is 2.31. The number of fused-ring (bicyclic) bond motifs is 1. The first-order chi connectivity index (χ1) is 16.7. The molecule has 35 heavy (non-hydrogen) atoms. The molecule has 1 fully saturated rings. The van der Waals surface area contributed by atoms with Crippen LogP contribution in [-0.2, 0) is 6.18 Å². The number of aryl methyl sites for hydroxylation is 2. The topological polar surface area (TPSA) is 53.7 Å². The number of anilines is 1. The minimum atomic E-state index is -4.39. The molecule has 0 bridgehead atoms. The van der Waals surface area contributed by atoms with Crippen molar-refractivity contribution in [3.05, 3.63) is 83.2 Å². The number of hydrogen-bond donors (Lipinski definition) is 0. The van der Waals surface area contributed by atoms with Crippen molar-refractivity contribution in [2.75, 3.05) is 31.1 Å². The molecular formula is C26H24F3N5O. The molecule has 0 radical (unpaired) electrons. The van der Waals surface area contributed by atoms with E-state index >= 15 is 0 Å². The SMILES string of the molecule is Cc1ccc(-c2ccnc3c(C(=O)N4CCN(c5cccc(C(F)(F)F)c5)CC4)cnn23)cc1C. The lowest BCUT2D eigenvalue weighted by Crippen LogP contribution is -2.48. The molecule has 1 aliphatic heterocycles. The predicted octanol–water partition coefficient (Wildman–Crippen LogP) is 4.99. The first-order valence-electron chi connectivity index (χ1n) is 11.3. The normalized spacial score (nSPS) is 14.5. The van der Waals surface area contributed by atoms with Crippen LogP contribution in [0.4, 0.5) is 18.9 Å². The Morgan fingerprint density at radius 1 is 0.943 bits per heavy atom. The summed E-state index contributed by atoms with van der Waals surface area (Å²) in [6.45, 7) is 5.76. The van der Waals surface area contributed by atoms with Gasteiger partial charge in [-0.3, -0.25) is 4.79 Å². The van der Waals surface area contributed by atoms with Gasteiger partial charge in [0.1, 0.15) is 5.56 Å². The molecule has 0 atom stereocenters. The molecule has 0 spiro atoms. The van der Waals surface area contributed by atoms with E-state index in [1.54, 1.807) is 21.7 Å². The summed E-state index contributed by atoms with van der Waals surface area (Å²) in [5.74, 6) is -0.187. The monoisotopic (exact) mass is 479 g/mol. The van der Waals surface area contributed by atoms with Crippen LogP contribution >= 0.6 is 0 Å². The van der Waals surface area contributed by atoms with E-state index in [9.17, 15) is 18.0 Å². The fourth-order valence-corrected chi connectivity index (χ4v) is 4.38. The quantitative estimate of drug-likeness (QED) is 0.415. The molecule has 6 nitrogen and oxygen atoms in total. The minimum Gasteiger partial charge on any atom is -0.368 e. The third kappa shape index (κ3) is 4.34. The smallest absolute Gasteiger partial charge is 0.368 e. The Bertz CT molecular complexity index is 1400. The highest BCUT2D eigenvalue weighted by Crippen LogP contribution is 2.32. The Morgan fingerprint density at radius 3 is 2.43 bits per heavy atom. The van der Waals surface area contributed by atoms with Crippen molar-refractivity contribution >= 4 is 17.2 Å². The molecule has 0 unspecified atom stereocenters. The summed E-state index contributed by atoms with van der Waals surface area (Å²) in [5, 5.41) is 4.45. The van der Waals surface area contributed by atoms with Crippen LogP contribution < -0.4 is 4.90 Å². The van der Waals surface area contributed by atoms with Crippen molar-refractivity contribution < 1.29 is 18.0 Å². The van der Waals surface area contributed by atoms with Crippen LogP contribution in [0.3, 0.4) is 0 Å². The fraction of sp³-hybridized carbons (Fsp3) is 0.269. The van der Waals surface area contributed by atoms with Gasteiger partial charge in [0.05, 0.1) is 17.5 Å². The summed E-state index contributed by atoms with van der Waals surface area (Å²) in [5.41, 5.74) is 4.89. The van der Waals surface area contributed by atoms with Gasteiger partial charge in [0, 0.05) is 43.6 Å². The van der Waals surface area contributed by atoms with Crippen LogP contribution in [0.2, 0.25) is 0 Å². The van der Waals surface area contributed by atoms with Gasteiger partial charge in [0.25, 0.3) is 5.91 Å². The minimum absolute atomic E-state index is 0.187. The van der Waals surface area contributed by atoms with Crippen molar-refractivity contribution in [1.29, 1.82) is 0 Å². The summed E-state index contributed by atoms with van der Waals surface area (Å²) in [7, 11) is 0. The Balaban J connectivity index is 1.35. The second-order valence-corrected chi connectivity index (χ2v) is 8.75. The zero-order chi connectivity index (χ0) is 24.7. The number of benzene rings is 2. The molecule has 1 saturated heterocycles. The van der Waals surface area contributed by atoms with E-state index < -0.39 is 11.7 Å². The average Bonchev–Trinajstić information content (AvgIpc) is 3.29. The van der Waals surface area contributed by atoms with E-state index in [1.807, 2.05) is 24.0 Å². The van der Waals surface area contributed by atoms with Crippen LogP contribution in [-0.4, -0.2) is 51.6 Å². The highest BCUT2D eigenvalue weighted by molar-refractivity contribution is 6.00. The molecule has 180 valence electrons. The van der Waals surface area contributed by atoms with Gasteiger partial charge in [-0.05, 0) is 55.3 Å². The average molecular weight is 480 g/mol. The second-order valence-electron chi connectivity index (χ2n) is 8.75. The third-order valence-electron chi connectivity index (χ3n) is 6.54. The van der Waals surface area contributed by atoms with Crippen LogP contribution in [0.5, 0.6) is 0 Å². The lowest BCUT2D eigenvalue weighted by atomic mass is 10.0. The number of carbonyl (C=O) groups is 1. The standard InChI is InChI=1S/C26H24F3N5O/c1-17-6-7-19(14-18(17)2)23-8-9-30-24-22(16-31-34(23)24)25(35)33-12-10-32(11-13-33)21-5-3-4-20(15-21)26(27,28)29/h3-9,14-16H,10-13H2,1-2H3. The van der Waals surface area contributed by atoms with Gasteiger partial charge in [0.15, 0.2) is 5.65 Å². The van der Waals surface area contributed by atoms with Gasteiger partial charge in [-0.25, -0.2) is 9.50 Å². The lowest BCUT2D eigenvalue weighted by molar-refractivity contribution is -0.137. The second kappa shape index (κ2) is 8.72. The van der Waals surface area contributed by atoms with Crippen molar-refractivity contribution in [3.8, 4) is 11.3 Å². The first kappa shape index (κ1) is 22.9. The summed E-state index contributed by atoms with van der Waals surface area (Å²) in [4.78, 5) is 21.3. The number of halogens is 3. The maximum absolute atomic E-state index is 13.3. The number of carbonyl (C=O) groups excluding carboxylic acids is 1. The zero-order valence-electron chi connectivity index (χ0n) is 19.4. The van der Waals surface area contributed by atoms with E-state index in [-0.39, 0.29) is 5.91 Å². The Kier molecular flexibility index (Phi) is 5.70.